The summed E-state index contributed by atoms with van der Waals surface area (Å²) in [7, 11) is -2.75. The number of hydrogen-bond acceptors (Lipinski definition) is 5. The van der Waals surface area contributed by atoms with Crippen molar-refractivity contribution in [2.24, 2.45) is 0 Å². The minimum atomic E-state index is -4.12. The maximum absolute atomic E-state index is 12.4. The highest BCUT2D eigenvalue weighted by atomic mass is 79.9. The minimum Gasteiger partial charge on any atom is -0.495 e. The van der Waals surface area contributed by atoms with Gasteiger partial charge >= 0.3 is 10.1 Å². The van der Waals surface area contributed by atoms with Gasteiger partial charge in [0, 0.05) is 4.47 Å². The molecule has 0 aliphatic carbocycles. The van der Waals surface area contributed by atoms with Crippen LogP contribution in [-0.4, -0.2) is 21.3 Å². The number of benzene rings is 2. The third-order valence-electron chi connectivity index (χ3n) is 2.86. The van der Waals surface area contributed by atoms with Crippen LogP contribution >= 0.6 is 15.9 Å². The lowest BCUT2D eigenvalue weighted by atomic mass is 10.1. The highest BCUT2D eigenvalue weighted by Crippen LogP contribution is 2.30. The third kappa shape index (κ3) is 3.48. The molecule has 0 heterocycles. The van der Waals surface area contributed by atoms with Crippen molar-refractivity contribution in [1.29, 1.82) is 0 Å². The summed E-state index contributed by atoms with van der Waals surface area (Å²) in [4.78, 5) is 11.5. The summed E-state index contributed by atoms with van der Waals surface area (Å²) < 4.78 is 35.6. The van der Waals surface area contributed by atoms with Crippen LogP contribution in [0.5, 0.6) is 11.5 Å². The number of para-hydroxylation sites is 1. The maximum atomic E-state index is 12.4. The van der Waals surface area contributed by atoms with Crippen molar-refractivity contribution in [3.05, 3.63) is 52.5 Å². The van der Waals surface area contributed by atoms with Crippen LogP contribution in [0, 0.1) is 0 Å². The molecule has 0 unspecified atom stereocenters. The van der Waals surface area contributed by atoms with Gasteiger partial charge in [0.1, 0.15) is 10.6 Å². The Bertz CT molecular complexity index is 814. The average molecular weight is 385 g/mol. The number of methoxy groups -OCH3 is 1. The highest BCUT2D eigenvalue weighted by molar-refractivity contribution is 9.10. The van der Waals surface area contributed by atoms with Crippen molar-refractivity contribution in [3.8, 4) is 11.5 Å². The first-order valence-corrected chi connectivity index (χ1v) is 8.43. The second-order valence-corrected chi connectivity index (χ2v) is 6.82. The van der Waals surface area contributed by atoms with E-state index in [1.165, 1.54) is 38.3 Å². The predicted octanol–water partition coefficient (Wildman–Crippen LogP) is 3.43. The Hall–Kier alpha value is -1.86. The number of carbonyl (C=O) groups excluding carboxylic acids is 1. The average Bonchev–Trinajstić information content (AvgIpc) is 2.48. The van der Waals surface area contributed by atoms with E-state index in [0.29, 0.717) is 4.47 Å². The quantitative estimate of drug-likeness (QED) is 0.583. The standard InChI is InChI=1S/C15H13BrO5S/c1-10(17)12-9-11(16)7-8-13(12)21-22(18,19)15-6-4-3-5-14(15)20-2/h3-9H,1-2H3. The van der Waals surface area contributed by atoms with Crippen molar-refractivity contribution in [1.82, 2.24) is 0 Å². The molecule has 0 saturated carbocycles. The van der Waals surface area contributed by atoms with E-state index in [9.17, 15) is 13.2 Å². The Kier molecular flexibility index (Phi) is 4.87. The first-order valence-electron chi connectivity index (χ1n) is 6.23. The van der Waals surface area contributed by atoms with Crippen molar-refractivity contribution < 1.29 is 22.1 Å². The number of Topliss-reactive ketones (excluding diaryl/α,β-unsaturated/α-hetero) is 1. The van der Waals surface area contributed by atoms with Gasteiger partial charge in [-0.25, -0.2) is 0 Å². The Balaban J connectivity index is 2.48. The van der Waals surface area contributed by atoms with Gasteiger partial charge in [-0.05, 0) is 37.3 Å². The predicted molar refractivity (Wildman–Crippen MR) is 85.0 cm³/mol. The normalized spacial score (nSPS) is 11.0. The lowest BCUT2D eigenvalue weighted by Crippen LogP contribution is -2.13. The molecule has 0 aromatic heterocycles. The van der Waals surface area contributed by atoms with Crippen molar-refractivity contribution in [3.63, 3.8) is 0 Å². The molecule has 2 aromatic carbocycles. The number of carbonyl (C=O) groups is 1. The molecule has 0 bridgehead atoms. The molecule has 0 fully saturated rings. The summed E-state index contributed by atoms with van der Waals surface area (Å²) in [6.07, 6.45) is 0. The number of rotatable bonds is 5. The number of halogens is 1. The zero-order valence-corrected chi connectivity index (χ0v) is 14.3. The molecule has 0 amide bonds. The third-order valence-corrected chi connectivity index (χ3v) is 4.63. The second-order valence-electron chi connectivity index (χ2n) is 4.38. The lowest BCUT2D eigenvalue weighted by Gasteiger charge is -2.12. The fourth-order valence-corrected chi connectivity index (χ4v) is 3.31. The van der Waals surface area contributed by atoms with E-state index >= 15 is 0 Å². The van der Waals surface area contributed by atoms with Gasteiger partial charge in [0.05, 0.1) is 12.7 Å². The van der Waals surface area contributed by atoms with E-state index in [1.807, 2.05) is 0 Å². The van der Waals surface area contributed by atoms with E-state index in [1.54, 1.807) is 18.2 Å². The lowest BCUT2D eigenvalue weighted by molar-refractivity contribution is 0.101. The Morgan fingerprint density at radius 2 is 1.77 bits per heavy atom. The van der Waals surface area contributed by atoms with Gasteiger partial charge in [-0.3, -0.25) is 4.79 Å². The topological polar surface area (TPSA) is 69.7 Å². The summed E-state index contributed by atoms with van der Waals surface area (Å²) in [5.74, 6) is -0.155. The minimum absolute atomic E-state index is 0.0263. The smallest absolute Gasteiger partial charge is 0.342 e. The van der Waals surface area contributed by atoms with Crippen molar-refractivity contribution >= 4 is 31.8 Å². The number of hydrogen-bond donors (Lipinski definition) is 0. The van der Waals surface area contributed by atoms with Gasteiger partial charge in [0.2, 0.25) is 0 Å². The van der Waals surface area contributed by atoms with E-state index in [2.05, 4.69) is 15.9 Å². The molecule has 2 rings (SSSR count). The van der Waals surface area contributed by atoms with E-state index in [4.69, 9.17) is 8.92 Å². The molecule has 0 N–H and O–H groups in total. The molecule has 2 aromatic rings. The molecule has 22 heavy (non-hydrogen) atoms. The Morgan fingerprint density at radius 3 is 2.41 bits per heavy atom. The Morgan fingerprint density at radius 1 is 1.09 bits per heavy atom. The molecule has 7 heteroatoms. The van der Waals surface area contributed by atoms with Crippen LogP contribution in [0.25, 0.3) is 0 Å². The molecule has 0 spiro atoms. The SMILES string of the molecule is COc1ccccc1S(=O)(=O)Oc1ccc(Br)cc1C(C)=O. The summed E-state index contributed by atoms with van der Waals surface area (Å²) in [5, 5.41) is 0. The molecular formula is C15H13BrO5S. The van der Waals surface area contributed by atoms with Crippen LogP contribution in [0.15, 0.2) is 51.8 Å². The van der Waals surface area contributed by atoms with Gasteiger partial charge in [-0.2, -0.15) is 8.42 Å². The summed E-state index contributed by atoms with van der Waals surface area (Å²) in [6, 6.07) is 10.6. The van der Waals surface area contributed by atoms with Crippen LogP contribution in [0.4, 0.5) is 0 Å². The molecule has 0 radical (unpaired) electrons. The molecular weight excluding hydrogens is 372 g/mol. The molecule has 0 atom stereocenters. The summed E-state index contributed by atoms with van der Waals surface area (Å²) in [5.41, 5.74) is 0.174. The molecule has 0 saturated heterocycles. The molecule has 0 aliphatic heterocycles. The van der Waals surface area contributed by atoms with Gasteiger partial charge in [-0.1, -0.05) is 28.1 Å². The molecule has 5 nitrogen and oxygen atoms in total. The van der Waals surface area contributed by atoms with E-state index in [0.717, 1.165) is 0 Å². The van der Waals surface area contributed by atoms with Crippen LogP contribution in [0.3, 0.4) is 0 Å². The second kappa shape index (κ2) is 6.50. The number of ketones is 1. The maximum Gasteiger partial charge on any atom is 0.342 e. The van der Waals surface area contributed by atoms with Crippen molar-refractivity contribution in [2.75, 3.05) is 7.11 Å². The van der Waals surface area contributed by atoms with Gasteiger partial charge in [-0.15, -0.1) is 0 Å². The molecule has 0 aliphatic rings. The van der Waals surface area contributed by atoms with Crippen LogP contribution in [0.1, 0.15) is 17.3 Å². The number of ether oxygens (including phenoxy) is 1. The fourth-order valence-electron chi connectivity index (χ4n) is 1.84. The molecule has 116 valence electrons. The zero-order valence-electron chi connectivity index (χ0n) is 11.9. The summed E-state index contributed by atoms with van der Waals surface area (Å²) in [6.45, 7) is 1.34. The van der Waals surface area contributed by atoms with E-state index < -0.39 is 10.1 Å². The highest BCUT2D eigenvalue weighted by Gasteiger charge is 2.23. The van der Waals surface area contributed by atoms with Crippen LogP contribution in [0.2, 0.25) is 0 Å². The van der Waals surface area contributed by atoms with Gasteiger partial charge < -0.3 is 8.92 Å². The first-order chi connectivity index (χ1) is 10.3. The van der Waals surface area contributed by atoms with E-state index in [-0.39, 0.29) is 27.7 Å². The Labute approximate surface area is 137 Å². The zero-order chi connectivity index (χ0) is 16.3. The fraction of sp³-hybridized carbons (Fsp3) is 0.133. The van der Waals surface area contributed by atoms with Crippen LogP contribution in [-0.2, 0) is 10.1 Å². The monoisotopic (exact) mass is 384 g/mol. The summed E-state index contributed by atoms with van der Waals surface area (Å²) >= 11 is 3.23. The van der Waals surface area contributed by atoms with Gasteiger partial charge in [0.15, 0.2) is 11.5 Å². The van der Waals surface area contributed by atoms with Gasteiger partial charge in [0.25, 0.3) is 0 Å². The van der Waals surface area contributed by atoms with Crippen molar-refractivity contribution in [2.45, 2.75) is 11.8 Å². The first kappa shape index (κ1) is 16.5. The van der Waals surface area contributed by atoms with Crippen LogP contribution < -0.4 is 8.92 Å². The largest absolute Gasteiger partial charge is 0.495 e.